The highest BCUT2D eigenvalue weighted by Crippen LogP contribution is 2.04. The molecule has 1 aromatic rings. The van der Waals surface area contributed by atoms with Crippen LogP contribution in [-0.2, 0) is 9.59 Å². The molecule has 1 unspecified atom stereocenters. The van der Waals surface area contributed by atoms with Crippen LogP contribution >= 0.6 is 0 Å². The molecule has 0 aliphatic rings. The van der Waals surface area contributed by atoms with Crippen LogP contribution in [0.25, 0.3) is 0 Å². The molecule has 0 saturated heterocycles. The predicted octanol–water partition coefficient (Wildman–Crippen LogP) is 1.04. The quantitative estimate of drug-likeness (QED) is 0.602. The van der Waals surface area contributed by atoms with Gasteiger partial charge in [0.2, 0.25) is 5.91 Å². The van der Waals surface area contributed by atoms with Gasteiger partial charge in [-0.2, -0.15) is 0 Å². The Balaban J connectivity index is 2.26. The number of nitrogens with one attached hydrogen (secondary N) is 3. The standard InChI is InChI=1S/C14H19N3O4/c1-2-10(13(19)20)8-15-12(18)9-16-14(21)17-11-6-4-3-5-7-11/h3-7,10H,2,8-9H2,1H3,(H,15,18)(H,19,20)(H2,16,17,21). The smallest absolute Gasteiger partial charge is 0.319 e. The highest BCUT2D eigenvalue weighted by Gasteiger charge is 2.15. The molecule has 0 heterocycles. The van der Waals surface area contributed by atoms with Gasteiger partial charge in [0.1, 0.15) is 0 Å². The molecule has 4 N–H and O–H groups in total. The van der Waals surface area contributed by atoms with Crippen LogP contribution in [0.15, 0.2) is 30.3 Å². The van der Waals surface area contributed by atoms with E-state index in [9.17, 15) is 14.4 Å². The van der Waals surface area contributed by atoms with Gasteiger partial charge in [-0.15, -0.1) is 0 Å². The zero-order valence-corrected chi connectivity index (χ0v) is 11.8. The van der Waals surface area contributed by atoms with E-state index in [0.717, 1.165) is 0 Å². The normalized spacial score (nSPS) is 11.3. The Hall–Kier alpha value is -2.57. The SMILES string of the molecule is CCC(CNC(=O)CNC(=O)Nc1ccccc1)C(=O)O. The van der Waals surface area contributed by atoms with Crippen LogP contribution in [0, 0.1) is 5.92 Å². The lowest BCUT2D eigenvalue weighted by atomic mass is 10.1. The van der Waals surface area contributed by atoms with Gasteiger partial charge in [-0.1, -0.05) is 25.1 Å². The summed E-state index contributed by atoms with van der Waals surface area (Å²) in [6, 6.07) is 8.32. The van der Waals surface area contributed by atoms with E-state index in [2.05, 4.69) is 16.0 Å². The maximum Gasteiger partial charge on any atom is 0.319 e. The number of hydrogen-bond acceptors (Lipinski definition) is 3. The van der Waals surface area contributed by atoms with Crippen LogP contribution in [0.3, 0.4) is 0 Å². The average molecular weight is 293 g/mol. The van der Waals surface area contributed by atoms with E-state index in [-0.39, 0.29) is 13.1 Å². The molecule has 1 rings (SSSR count). The zero-order chi connectivity index (χ0) is 15.7. The third kappa shape index (κ3) is 6.42. The van der Waals surface area contributed by atoms with E-state index in [1.165, 1.54) is 0 Å². The van der Waals surface area contributed by atoms with Gasteiger partial charge < -0.3 is 21.1 Å². The van der Waals surface area contributed by atoms with Crippen LogP contribution in [0.4, 0.5) is 10.5 Å². The fraction of sp³-hybridized carbons (Fsp3) is 0.357. The first-order valence-corrected chi connectivity index (χ1v) is 6.62. The summed E-state index contributed by atoms with van der Waals surface area (Å²) in [5, 5.41) is 16.3. The second-order valence-corrected chi connectivity index (χ2v) is 4.42. The summed E-state index contributed by atoms with van der Waals surface area (Å²) in [6.07, 6.45) is 0.428. The molecule has 0 fully saturated rings. The van der Waals surface area contributed by atoms with Crippen LogP contribution in [-0.4, -0.2) is 36.1 Å². The van der Waals surface area contributed by atoms with E-state index in [1.807, 2.05) is 6.07 Å². The Kier molecular flexibility index (Phi) is 6.73. The van der Waals surface area contributed by atoms with Gasteiger partial charge >= 0.3 is 12.0 Å². The third-order valence-electron chi connectivity index (χ3n) is 2.83. The Morgan fingerprint density at radius 1 is 1.14 bits per heavy atom. The minimum Gasteiger partial charge on any atom is -0.481 e. The second kappa shape index (κ2) is 8.57. The number of carbonyl (C=O) groups is 3. The number of urea groups is 1. The first-order chi connectivity index (χ1) is 10.0. The van der Waals surface area contributed by atoms with Crippen molar-refractivity contribution in [2.45, 2.75) is 13.3 Å². The number of para-hydroxylation sites is 1. The molecule has 114 valence electrons. The molecule has 0 radical (unpaired) electrons. The molecule has 3 amide bonds. The molecule has 0 bridgehead atoms. The fourth-order valence-electron chi connectivity index (χ4n) is 1.56. The van der Waals surface area contributed by atoms with Crippen molar-refractivity contribution in [3.8, 4) is 0 Å². The number of rotatable bonds is 7. The number of carbonyl (C=O) groups excluding carboxylic acids is 2. The zero-order valence-electron chi connectivity index (χ0n) is 11.8. The van der Waals surface area contributed by atoms with Crippen molar-refractivity contribution in [1.82, 2.24) is 10.6 Å². The largest absolute Gasteiger partial charge is 0.481 e. The highest BCUT2D eigenvalue weighted by atomic mass is 16.4. The van der Waals surface area contributed by atoms with Crippen molar-refractivity contribution in [2.24, 2.45) is 5.92 Å². The maximum absolute atomic E-state index is 11.5. The topological polar surface area (TPSA) is 108 Å². The van der Waals surface area contributed by atoms with Crippen molar-refractivity contribution < 1.29 is 19.5 Å². The number of carboxylic acids is 1. The van der Waals surface area contributed by atoms with Gasteiger partial charge in [-0.25, -0.2) is 4.79 Å². The molecule has 0 saturated carbocycles. The molecular weight excluding hydrogens is 274 g/mol. The number of carboxylic acid groups (broad SMARTS) is 1. The van der Waals surface area contributed by atoms with Crippen molar-refractivity contribution in [2.75, 3.05) is 18.4 Å². The molecule has 7 heteroatoms. The molecule has 0 aromatic heterocycles. The third-order valence-corrected chi connectivity index (χ3v) is 2.83. The summed E-state index contributed by atoms with van der Waals surface area (Å²) in [7, 11) is 0. The lowest BCUT2D eigenvalue weighted by Crippen LogP contribution is -2.41. The number of benzene rings is 1. The van der Waals surface area contributed by atoms with E-state index in [4.69, 9.17) is 5.11 Å². The molecule has 0 aliphatic heterocycles. The van der Waals surface area contributed by atoms with Gasteiger partial charge in [-0.3, -0.25) is 9.59 Å². The number of anilines is 1. The molecule has 0 aliphatic carbocycles. The number of hydrogen-bond donors (Lipinski definition) is 4. The lowest BCUT2D eigenvalue weighted by Gasteiger charge is -2.11. The van der Waals surface area contributed by atoms with E-state index in [1.54, 1.807) is 31.2 Å². The summed E-state index contributed by atoms with van der Waals surface area (Å²) in [5.74, 6) is -2.00. The Bertz CT molecular complexity index is 490. The van der Waals surface area contributed by atoms with E-state index in [0.29, 0.717) is 12.1 Å². The van der Waals surface area contributed by atoms with Crippen LogP contribution < -0.4 is 16.0 Å². The van der Waals surface area contributed by atoms with Gasteiger partial charge in [0, 0.05) is 12.2 Å². The van der Waals surface area contributed by atoms with Crippen molar-refractivity contribution in [3.63, 3.8) is 0 Å². The molecule has 21 heavy (non-hydrogen) atoms. The Morgan fingerprint density at radius 3 is 2.38 bits per heavy atom. The van der Waals surface area contributed by atoms with E-state index < -0.39 is 23.8 Å². The lowest BCUT2D eigenvalue weighted by molar-refractivity contribution is -0.141. The summed E-state index contributed by atoms with van der Waals surface area (Å²) in [5.41, 5.74) is 0.618. The maximum atomic E-state index is 11.5. The molecule has 0 spiro atoms. The van der Waals surface area contributed by atoms with Crippen LogP contribution in [0.2, 0.25) is 0 Å². The number of amides is 3. The van der Waals surface area contributed by atoms with E-state index >= 15 is 0 Å². The number of aliphatic carboxylic acids is 1. The highest BCUT2D eigenvalue weighted by molar-refractivity contribution is 5.92. The summed E-state index contributed by atoms with van der Waals surface area (Å²) >= 11 is 0. The Morgan fingerprint density at radius 2 is 1.81 bits per heavy atom. The van der Waals surface area contributed by atoms with Crippen molar-refractivity contribution in [3.05, 3.63) is 30.3 Å². The van der Waals surface area contributed by atoms with Gasteiger partial charge in [0.05, 0.1) is 12.5 Å². The molecular formula is C14H19N3O4. The second-order valence-electron chi connectivity index (χ2n) is 4.42. The van der Waals surface area contributed by atoms with Crippen LogP contribution in [0.5, 0.6) is 0 Å². The van der Waals surface area contributed by atoms with Gasteiger partial charge in [0.15, 0.2) is 0 Å². The molecule has 1 atom stereocenters. The predicted molar refractivity (Wildman–Crippen MR) is 77.9 cm³/mol. The average Bonchev–Trinajstić information content (AvgIpc) is 2.46. The first kappa shape index (κ1) is 16.5. The monoisotopic (exact) mass is 293 g/mol. The molecule has 1 aromatic carbocycles. The summed E-state index contributed by atoms with van der Waals surface area (Å²) in [4.78, 5) is 33.8. The molecule has 7 nitrogen and oxygen atoms in total. The summed E-state index contributed by atoms with van der Waals surface area (Å²) < 4.78 is 0. The fourth-order valence-corrected chi connectivity index (χ4v) is 1.56. The Labute approximate surface area is 122 Å². The van der Waals surface area contributed by atoms with Gasteiger partial charge in [0.25, 0.3) is 0 Å². The minimum absolute atomic E-state index is 0.0483. The van der Waals surface area contributed by atoms with Crippen molar-refractivity contribution >= 4 is 23.6 Å². The first-order valence-electron chi connectivity index (χ1n) is 6.62. The summed E-state index contributed by atoms with van der Waals surface area (Å²) in [6.45, 7) is 1.57. The minimum atomic E-state index is -0.951. The van der Waals surface area contributed by atoms with Gasteiger partial charge in [-0.05, 0) is 18.6 Å². The van der Waals surface area contributed by atoms with Crippen molar-refractivity contribution in [1.29, 1.82) is 0 Å². The van der Waals surface area contributed by atoms with Crippen LogP contribution in [0.1, 0.15) is 13.3 Å².